The minimum Gasteiger partial charge on any atom is -0.493 e. The van der Waals surface area contributed by atoms with Crippen LogP contribution in [0.15, 0.2) is 12.1 Å². The second-order valence-corrected chi connectivity index (χ2v) is 4.62. The molecule has 1 saturated carbocycles. The Morgan fingerprint density at radius 2 is 2.00 bits per heavy atom. The molecular weight excluding hydrogens is 259 g/mol. The van der Waals surface area contributed by atoms with Crippen molar-refractivity contribution in [3.8, 4) is 11.5 Å². The number of benzene rings is 1. The van der Waals surface area contributed by atoms with Gasteiger partial charge >= 0.3 is 0 Å². The van der Waals surface area contributed by atoms with Gasteiger partial charge in [-0.2, -0.15) is 0 Å². The molecule has 0 spiro atoms. The van der Waals surface area contributed by atoms with Gasteiger partial charge in [-0.05, 0) is 43.4 Å². The van der Waals surface area contributed by atoms with Gasteiger partial charge in [0.2, 0.25) is 0 Å². The molecule has 1 aliphatic rings. The Hall–Kier alpha value is -1.29. The summed E-state index contributed by atoms with van der Waals surface area (Å²) < 4.78 is 24.3. The van der Waals surface area contributed by atoms with E-state index in [2.05, 4.69) is 0 Å². The topological polar surface area (TPSA) is 35.5 Å². The molecule has 0 unspecified atom stereocenters. The molecule has 5 heteroatoms. The molecule has 0 amide bonds. The Kier molecular flexibility index (Phi) is 4.07. The number of rotatable bonds is 4. The number of carbonyl (C=O) groups is 1. The van der Waals surface area contributed by atoms with Gasteiger partial charge in [0, 0.05) is 6.07 Å². The molecule has 18 heavy (non-hydrogen) atoms. The lowest BCUT2D eigenvalue weighted by Gasteiger charge is -2.16. The molecule has 0 heterocycles. The number of hydrogen-bond donors (Lipinski definition) is 0. The summed E-state index contributed by atoms with van der Waals surface area (Å²) >= 11 is 5.32. The maximum absolute atomic E-state index is 13.5. The van der Waals surface area contributed by atoms with Crippen molar-refractivity contribution >= 4 is 16.8 Å². The fourth-order valence-corrected chi connectivity index (χ4v) is 2.27. The Labute approximate surface area is 110 Å². The second kappa shape index (κ2) is 5.57. The molecule has 0 saturated heterocycles. The fraction of sp³-hybridized carbons (Fsp3) is 0.462. The smallest absolute Gasteiger partial charge is 0.255 e. The molecule has 3 nitrogen and oxygen atoms in total. The molecule has 0 aliphatic heterocycles. The van der Waals surface area contributed by atoms with E-state index in [1.54, 1.807) is 0 Å². The molecule has 0 atom stereocenters. The van der Waals surface area contributed by atoms with E-state index in [0.29, 0.717) is 5.75 Å². The Balaban J connectivity index is 2.30. The van der Waals surface area contributed by atoms with Crippen LogP contribution in [-0.4, -0.2) is 18.5 Å². The van der Waals surface area contributed by atoms with E-state index < -0.39 is 11.1 Å². The van der Waals surface area contributed by atoms with Crippen LogP contribution in [0.3, 0.4) is 0 Å². The van der Waals surface area contributed by atoms with Crippen molar-refractivity contribution in [1.29, 1.82) is 0 Å². The minimum atomic E-state index is -0.841. The highest BCUT2D eigenvalue weighted by molar-refractivity contribution is 6.67. The first-order chi connectivity index (χ1) is 8.61. The second-order valence-electron chi connectivity index (χ2n) is 4.28. The molecule has 1 aromatic carbocycles. The Morgan fingerprint density at radius 1 is 1.33 bits per heavy atom. The van der Waals surface area contributed by atoms with Crippen LogP contribution in [0.5, 0.6) is 11.5 Å². The van der Waals surface area contributed by atoms with E-state index in [0.717, 1.165) is 31.7 Å². The number of hydrogen-bond acceptors (Lipinski definition) is 3. The van der Waals surface area contributed by atoms with Crippen LogP contribution in [0, 0.1) is 5.82 Å². The van der Waals surface area contributed by atoms with Crippen LogP contribution in [0.25, 0.3) is 0 Å². The van der Waals surface area contributed by atoms with Gasteiger partial charge in [-0.15, -0.1) is 0 Å². The molecule has 0 radical (unpaired) electrons. The van der Waals surface area contributed by atoms with Crippen molar-refractivity contribution < 1.29 is 18.7 Å². The third kappa shape index (κ3) is 2.75. The number of ether oxygens (including phenoxy) is 2. The van der Waals surface area contributed by atoms with E-state index in [4.69, 9.17) is 21.1 Å². The third-order valence-electron chi connectivity index (χ3n) is 3.06. The summed E-state index contributed by atoms with van der Waals surface area (Å²) in [5, 5.41) is -0.841. The van der Waals surface area contributed by atoms with Gasteiger partial charge in [0.05, 0.1) is 18.8 Å². The molecular formula is C13H14ClFO3. The summed E-state index contributed by atoms with van der Waals surface area (Å²) in [6, 6.07) is 2.43. The first-order valence-corrected chi connectivity index (χ1v) is 6.23. The van der Waals surface area contributed by atoms with Gasteiger partial charge in [0.25, 0.3) is 5.24 Å². The largest absolute Gasteiger partial charge is 0.493 e. The normalized spacial score (nSPS) is 15.7. The van der Waals surface area contributed by atoms with Crippen LogP contribution in [0.4, 0.5) is 4.39 Å². The lowest BCUT2D eigenvalue weighted by Crippen LogP contribution is -2.12. The number of halogens is 2. The summed E-state index contributed by atoms with van der Waals surface area (Å²) in [5.74, 6) is -0.0542. The quantitative estimate of drug-likeness (QED) is 0.787. The molecule has 1 aliphatic carbocycles. The average Bonchev–Trinajstić information content (AvgIpc) is 2.83. The van der Waals surface area contributed by atoms with Crippen molar-refractivity contribution in [1.82, 2.24) is 0 Å². The van der Waals surface area contributed by atoms with Gasteiger partial charge in [0.1, 0.15) is 5.82 Å². The van der Waals surface area contributed by atoms with Crippen LogP contribution >= 0.6 is 11.6 Å². The number of carbonyl (C=O) groups excluding carboxylic acids is 1. The lowest BCUT2D eigenvalue weighted by atomic mass is 10.2. The molecule has 1 fully saturated rings. The van der Waals surface area contributed by atoms with Crippen LogP contribution in [0.2, 0.25) is 0 Å². The molecule has 98 valence electrons. The van der Waals surface area contributed by atoms with Gasteiger partial charge in [-0.3, -0.25) is 4.79 Å². The van der Waals surface area contributed by atoms with E-state index in [1.807, 2.05) is 0 Å². The predicted octanol–water partition coefficient (Wildman–Crippen LogP) is 3.53. The zero-order valence-corrected chi connectivity index (χ0v) is 10.8. The average molecular weight is 273 g/mol. The zero-order chi connectivity index (χ0) is 13.1. The standard InChI is InChI=1S/C13H14ClFO3/c1-17-11-7-10(15)9(13(14)16)6-12(11)18-8-4-2-3-5-8/h6-8H,2-5H2,1H3. The van der Waals surface area contributed by atoms with Crippen molar-refractivity contribution in [2.75, 3.05) is 7.11 Å². The predicted molar refractivity (Wildman–Crippen MR) is 66.0 cm³/mol. The molecule has 2 rings (SSSR count). The van der Waals surface area contributed by atoms with Crippen LogP contribution in [0.1, 0.15) is 36.0 Å². The highest BCUT2D eigenvalue weighted by Crippen LogP contribution is 2.34. The Bertz CT molecular complexity index is 456. The Morgan fingerprint density at radius 3 is 2.56 bits per heavy atom. The van der Waals surface area contributed by atoms with Gasteiger partial charge in [0.15, 0.2) is 11.5 Å². The fourth-order valence-electron chi connectivity index (χ4n) is 2.12. The van der Waals surface area contributed by atoms with E-state index in [1.165, 1.54) is 13.2 Å². The van der Waals surface area contributed by atoms with E-state index in [9.17, 15) is 9.18 Å². The first-order valence-electron chi connectivity index (χ1n) is 5.86. The highest BCUT2D eigenvalue weighted by atomic mass is 35.5. The monoisotopic (exact) mass is 272 g/mol. The molecule has 0 aromatic heterocycles. The molecule has 0 bridgehead atoms. The van der Waals surface area contributed by atoms with Gasteiger partial charge < -0.3 is 9.47 Å². The van der Waals surface area contributed by atoms with Crippen molar-refractivity contribution in [2.45, 2.75) is 31.8 Å². The first kappa shape index (κ1) is 13.1. The van der Waals surface area contributed by atoms with Crippen molar-refractivity contribution in [3.05, 3.63) is 23.5 Å². The lowest BCUT2D eigenvalue weighted by molar-refractivity contribution is 0.107. The molecule has 1 aromatic rings. The summed E-state index contributed by atoms with van der Waals surface area (Å²) in [7, 11) is 1.43. The van der Waals surface area contributed by atoms with Crippen LogP contribution in [-0.2, 0) is 0 Å². The van der Waals surface area contributed by atoms with Gasteiger partial charge in [-0.25, -0.2) is 4.39 Å². The van der Waals surface area contributed by atoms with E-state index >= 15 is 0 Å². The van der Waals surface area contributed by atoms with Crippen molar-refractivity contribution in [2.24, 2.45) is 0 Å². The maximum Gasteiger partial charge on any atom is 0.255 e. The summed E-state index contributed by atoms with van der Waals surface area (Å²) in [5.41, 5.74) is -0.189. The summed E-state index contributed by atoms with van der Waals surface area (Å²) in [4.78, 5) is 11.1. The van der Waals surface area contributed by atoms with Crippen LogP contribution < -0.4 is 9.47 Å². The molecule has 0 N–H and O–H groups in total. The van der Waals surface area contributed by atoms with Gasteiger partial charge in [-0.1, -0.05) is 0 Å². The van der Waals surface area contributed by atoms with Crippen molar-refractivity contribution in [3.63, 3.8) is 0 Å². The summed E-state index contributed by atoms with van der Waals surface area (Å²) in [6.45, 7) is 0. The van der Waals surface area contributed by atoms with E-state index in [-0.39, 0.29) is 17.4 Å². The zero-order valence-electron chi connectivity index (χ0n) is 10.0. The highest BCUT2D eigenvalue weighted by Gasteiger charge is 2.21. The SMILES string of the molecule is COc1cc(F)c(C(=O)Cl)cc1OC1CCCC1. The maximum atomic E-state index is 13.5. The minimum absolute atomic E-state index is 0.0997. The third-order valence-corrected chi connectivity index (χ3v) is 3.26. The number of methoxy groups -OCH3 is 1. The summed E-state index contributed by atoms with van der Waals surface area (Å²) in [6.07, 6.45) is 4.27.